The predicted molar refractivity (Wildman–Crippen MR) is 73.2 cm³/mol. The van der Waals surface area contributed by atoms with E-state index in [1.807, 2.05) is 31.2 Å². The fourth-order valence-corrected chi connectivity index (χ4v) is 2.12. The molecular weight excluding hydrogens is 249 g/mol. The van der Waals surface area contributed by atoms with Crippen molar-refractivity contribution >= 4 is 11.6 Å². The van der Waals surface area contributed by atoms with E-state index in [0.717, 1.165) is 11.1 Å². The van der Waals surface area contributed by atoms with Crippen molar-refractivity contribution in [3.63, 3.8) is 0 Å². The zero-order valence-corrected chi connectivity index (χ0v) is 11.1. The molecular formula is C15H15ClFN. The Balaban J connectivity index is 2.50. The minimum Gasteiger partial charge on any atom is -0.318 e. The molecule has 0 spiro atoms. The Morgan fingerprint density at radius 1 is 1.11 bits per heavy atom. The first kappa shape index (κ1) is 13.1. The van der Waals surface area contributed by atoms with Crippen LogP contribution >= 0.6 is 11.6 Å². The molecule has 0 saturated heterocycles. The van der Waals surface area contributed by atoms with Gasteiger partial charge in [0.05, 0.1) is 5.54 Å². The molecule has 94 valence electrons. The van der Waals surface area contributed by atoms with Crippen molar-refractivity contribution in [1.82, 2.24) is 0 Å². The molecule has 0 aliphatic heterocycles. The van der Waals surface area contributed by atoms with Gasteiger partial charge in [0.25, 0.3) is 0 Å². The van der Waals surface area contributed by atoms with Crippen molar-refractivity contribution in [2.24, 2.45) is 5.73 Å². The number of aryl methyl sites for hydroxylation is 1. The lowest BCUT2D eigenvalue weighted by molar-refractivity contribution is 0.531. The van der Waals surface area contributed by atoms with E-state index in [-0.39, 0.29) is 5.82 Å². The molecule has 1 nitrogen and oxygen atoms in total. The normalized spacial score (nSPS) is 14.3. The Morgan fingerprint density at radius 3 is 2.28 bits per heavy atom. The third-order valence-electron chi connectivity index (χ3n) is 3.14. The van der Waals surface area contributed by atoms with E-state index in [1.165, 1.54) is 6.07 Å². The van der Waals surface area contributed by atoms with Crippen LogP contribution in [0.25, 0.3) is 0 Å². The van der Waals surface area contributed by atoms with E-state index in [1.54, 1.807) is 19.1 Å². The average molecular weight is 264 g/mol. The van der Waals surface area contributed by atoms with Gasteiger partial charge in [-0.25, -0.2) is 4.39 Å². The molecule has 0 aliphatic rings. The predicted octanol–water partition coefficient (Wildman–Crippen LogP) is 4.01. The maximum atomic E-state index is 13.9. The molecule has 2 rings (SSSR count). The van der Waals surface area contributed by atoms with Crippen LogP contribution in [0.3, 0.4) is 0 Å². The molecule has 0 saturated carbocycles. The minimum absolute atomic E-state index is 0.371. The summed E-state index contributed by atoms with van der Waals surface area (Å²) in [7, 11) is 0. The summed E-state index contributed by atoms with van der Waals surface area (Å²) in [5.41, 5.74) is 7.86. The zero-order valence-electron chi connectivity index (χ0n) is 10.4. The summed E-state index contributed by atoms with van der Waals surface area (Å²) in [6.45, 7) is 3.80. The van der Waals surface area contributed by atoms with E-state index >= 15 is 0 Å². The largest absolute Gasteiger partial charge is 0.318 e. The summed E-state index contributed by atoms with van der Waals surface area (Å²) < 4.78 is 13.9. The summed E-state index contributed by atoms with van der Waals surface area (Å²) in [6, 6.07) is 12.3. The van der Waals surface area contributed by atoms with Gasteiger partial charge in [0.15, 0.2) is 0 Å². The van der Waals surface area contributed by atoms with Crippen LogP contribution < -0.4 is 5.73 Å². The molecule has 1 atom stereocenters. The lowest BCUT2D eigenvalue weighted by atomic mass is 9.85. The van der Waals surface area contributed by atoms with Gasteiger partial charge in [0, 0.05) is 10.6 Å². The Bertz CT molecular complexity index is 561. The summed E-state index contributed by atoms with van der Waals surface area (Å²) in [6.07, 6.45) is 0. The van der Waals surface area contributed by atoms with Gasteiger partial charge in [-0.2, -0.15) is 0 Å². The van der Waals surface area contributed by atoms with Crippen molar-refractivity contribution < 1.29 is 4.39 Å². The van der Waals surface area contributed by atoms with E-state index in [4.69, 9.17) is 17.3 Å². The fourth-order valence-electron chi connectivity index (χ4n) is 1.97. The molecule has 2 aromatic carbocycles. The molecule has 0 radical (unpaired) electrons. The zero-order chi connectivity index (χ0) is 13.3. The number of benzene rings is 2. The quantitative estimate of drug-likeness (QED) is 0.870. The van der Waals surface area contributed by atoms with Crippen molar-refractivity contribution in [3.8, 4) is 0 Å². The summed E-state index contributed by atoms with van der Waals surface area (Å²) in [4.78, 5) is 0. The Labute approximate surface area is 111 Å². The van der Waals surface area contributed by atoms with Crippen molar-refractivity contribution in [2.75, 3.05) is 0 Å². The Kier molecular flexibility index (Phi) is 3.42. The molecule has 0 aromatic heterocycles. The van der Waals surface area contributed by atoms with Gasteiger partial charge < -0.3 is 5.73 Å². The molecule has 18 heavy (non-hydrogen) atoms. The van der Waals surface area contributed by atoms with Crippen LogP contribution in [0.1, 0.15) is 23.6 Å². The highest BCUT2D eigenvalue weighted by Gasteiger charge is 2.26. The number of halogens is 2. The van der Waals surface area contributed by atoms with Crippen LogP contribution in [0.15, 0.2) is 42.5 Å². The van der Waals surface area contributed by atoms with Crippen molar-refractivity contribution in [2.45, 2.75) is 19.4 Å². The highest BCUT2D eigenvalue weighted by atomic mass is 35.5. The maximum absolute atomic E-state index is 13.9. The molecule has 1 unspecified atom stereocenters. The van der Waals surface area contributed by atoms with Crippen molar-refractivity contribution in [1.29, 1.82) is 0 Å². The molecule has 0 heterocycles. The maximum Gasteiger partial charge on any atom is 0.130 e. The molecule has 3 heteroatoms. The molecule has 2 N–H and O–H groups in total. The van der Waals surface area contributed by atoms with E-state index in [0.29, 0.717) is 10.6 Å². The first-order valence-corrected chi connectivity index (χ1v) is 6.10. The second-order valence-electron chi connectivity index (χ2n) is 4.69. The Hall–Kier alpha value is -1.38. The van der Waals surface area contributed by atoms with Gasteiger partial charge in [-0.05, 0) is 31.5 Å². The monoisotopic (exact) mass is 263 g/mol. The summed E-state index contributed by atoms with van der Waals surface area (Å²) in [5.74, 6) is -0.381. The molecule has 0 fully saturated rings. The SMILES string of the molecule is Cc1ccc(C(C)(N)c2ccc(Cl)cc2F)cc1. The highest BCUT2D eigenvalue weighted by molar-refractivity contribution is 6.30. The van der Waals surface area contributed by atoms with Gasteiger partial charge >= 0.3 is 0 Å². The minimum atomic E-state index is -0.873. The van der Waals surface area contributed by atoms with Gasteiger partial charge in [-0.15, -0.1) is 0 Å². The van der Waals surface area contributed by atoms with Crippen LogP contribution in [0.5, 0.6) is 0 Å². The number of hydrogen-bond donors (Lipinski definition) is 1. The number of rotatable bonds is 2. The molecule has 0 amide bonds. The summed E-state index contributed by atoms with van der Waals surface area (Å²) in [5, 5.41) is 0.371. The second-order valence-corrected chi connectivity index (χ2v) is 5.13. The standard InChI is InChI=1S/C15H15ClFN/c1-10-3-5-11(6-4-10)15(2,18)13-8-7-12(16)9-14(13)17/h3-9H,18H2,1-2H3. The number of hydrogen-bond acceptors (Lipinski definition) is 1. The third kappa shape index (κ3) is 2.40. The average Bonchev–Trinajstić information content (AvgIpc) is 2.29. The topological polar surface area (TPSA) is 26.0 Å². The van der Waals surface area contributed by atoms with Gasteiger partial charge in [0.2, 0.25) is 0 Å². The second kappa shape index (κ2) is 4.71. The van der Waals surface area contributed by atoms with E-state index in [2.05, 4.69) is 0 Å². The van der Waals surface area contributed by atoms with Gasteiger partial charge in [0.1, 0.15) is 5.82 Å². The van der Waals surface area contributed by atoms with Crippen LogP contribution in [-0.4, -0.2) is 0 Å². The van der Waals surface area contributed by atoms with Gasteiger partial charge in [-0.1, -0.05) is 47.5 Å². The van der Waals surface area contributed by atoms with Crippen molar-refractivity contribution in [3.05, 3.63) is 70.0 Å². The molecule has 2 aromatic rings. The van der Waals surface area contributed by atoms with Crippen LogP contribution in [0.4, 0.5) is 4.39 Å². The molecule has 0 aliphatic carbocycles. The first-order chi connectivity index (χ1) is 8.41. The smallest absolute Gasteiger partial charge is 0.130 e. The van der Waals surface area contributed by atoms with Crippen LogP contribution in [0.2, 0.25) is 5.02 Å². The molecule has 0 bridgehead atoms. The highest BCUT2D eigenvalue weighted by Crippen LogP contribution is 2.30. The number of nitrogens with two attached hydrogens (primary N) is 1. The third-order valence-corrected chi connectivity index (χ3v) is 3.38. The first-order valence-electron chi connectivity index (χ1n) is 5.73. The van der Waals surface area contributed by atoms with E-state index in [9.17, 15) is 4.39 Å². The lowest BCUT2D eigenvalue weighted by Gasteiger charge is -2.26. The van der Waals surface area contributed by atoms with Crippen LogP contribution in [0, 0.1) is 12.7 Å². The summed E-state index contributed by atoms with van der Waals surface area (Å²) >= 11 is 5.75. The Morgan fingerprint density at radius 2 is 1.72 bits per heavy atom. The fraction of sp³-hybridized carbons (Fsp3) is 0.200. The van der Waals surface area contributed by atoms with Gasteiger partial charge in [-0.3, -0.25) is 0 Å². The van der Waals surface area contributed by atoms with Crippen LogP contribution in [-0.2, 0) is 5.54 Å². The lowest BCUT2D eigenvalue weighted by Crippen LogP contribution is -2.35. The van der Waals surface area contributed by atoms with E-state index < -0.39 is 5.54 Å².